The van der Waals surface area contributed by atoms with E-state index in [4.69, 9.17) is 4.98 Å². The molecule has 104 valence electrons. The number of anilines is 1. The Morgan fingerprint density at radius 2 is 1.79 bits per heavy atom. The highest BCUT2D eigenvalue weighted by Gasteiger charge is 2.30. The minimum absolute atomic E-state index is 0.114. The third-order valence-corrected chi connectivity index (χ3v) is 4.14. The van der Waals surface area contributed by atoms with Gasteiger partial charge < -0.3 is 10.0 Å². The average Bonchev–Trinajstić information content (AvgIpc) is 3.32. The van der Waals surface area contributed by atoms with Crippen molar-refractivity contribution in [3.63, 3.8) is 0 Å². The van der Waals surface area contributed by atoms with Crippen LogP contribution in [-0.2, 0) is 13.0 Å². The molecular formula is C16H24N2O. The van der Waals surface area contributed by atoms with Crippen LogP contribution in [0.1, 0.15) is 43.9 Å². The van der Waals surface area contributed by atoms with Crippen molar-refractivity contribution in [2.75, 3.05) is 18.0 Å². The zero-order valence-electron chi connectivity index (χ0n) is 11.8. The molecule has 0 amide bonds. The first-order chi connectivity index (χ1) is 9.28. The van der Waals surface area contributed by atoms with Crippen LogP contribution in [0, 0.1) is 11.8 Å². The van der Waals surface area contributed by atoms with Gasteiger partial charge in [0.05, 0.1) is 6.61 Å². The quantitative estimate of drug-likeness (QED) is 0.819. The van der Waals surface area contributed by atoms with Crippen LogP contribution in [0.4, 0.5) is 5.82 Å². The molecule has 2 aliphatic rings. The van der Waals surface area contributed by atoms with Gasteiger partial charge in [-0.1, -0.05) is 6.92 Å². The first-order valence-electron chi connectivity index (χ1n) is 7.64. The second kappa shape index (κ2) is 5.49. The van der Waals surface area contributed by atoms with E-state index in [1.54, 1.807) is 0 Å². The number of pyridine rings is 1. The van der Waals surface area contributed by atoms with Crippen LogP contribution in [0.15, 0.2) is 12.1 Å². The highest BCUT2D eigenvalue weighted by Crippen LogP contribution is 2.35. The van der Waals surface area contributed by atoms with E-state index in [0.29, 0.717) is 0 Å². The summed E-state index contributed by atoms with van der Waals surface area (Å²) in [5.41, 5.74) is 2.09. The molecule has 0 bridgehead atoms. The molecule has 1 aromatic heterocycles. The average molecular weight is 260 g/mol. The molecule has 0 spiro atoms. The van der Waals surface area contributed by atoms with Gasteiger partial charge in [0, 0.05) is 18.8 Å². The molecule has 1 aromatic rings. The molecule has 2 aliphatic carbocycles. The van der Waals surface area contributed by atoms with E-state index in [1.165, 1.54) is 25.7 Å². The smallest absolute Gasteiger partial charge is 0.129 e. The number of hydrogen-bond acceptors (Lipinski definition) is 3. The fraction of sp³-hybridized carbons (Fsp3) is 0.688. The zero-order chi connectivity index (χ0) is 13.2. The van der Waals surface area contributed by atoms with Crippen molar-refractivity contribution in [2.45, 2.75) is 45.6 Å². The van der Waals surface area contributed by atoms with E-state index in [2.05, 4.69) is 17.9 Å². The maximum Gasteiger partial charge on any atom is 0.129 e. The molecule has 3 nitrogen and oxygen atoms in total. The molecule has 0 unspecified atom stereocenters. The third-order valence-electron chi connectivity index (χ3n) is 4.14. The van der Waals surface area contributed by atoms with Gasteiger partial charge in [-0.15, -0.1) is 0 Å². The van der Waals surface area contributed by atoms with Gasteiger partial charge in [0.1, 0.15) is 5.82 Å². The molecular weight excluding hydrogens is 236 g/mol. The highest BCUT2D eigenvalue weighted by atomic mass is 16.3. The summed E-state index contributed by atoms with van der Waals surface area (Å²) in [6.07, 6.45) is 6.44. The van der Waals surface area contributed by atoms with Crippen LogP contribution in [-0.4, -0.2) is 23.2 Å². The molecule has 1 N–H and O–H groups in total. The van der Waals surface area contributed by atoms with Gasteiger partial charge in [-0.05, 0) is 61.6 Å². The highest BCUT2D eigenvalue weighted by molar-refractivity contribution is 5.43. The fourth-order valence-electron chi connectivity index (χ4n) is 2.55. The summed E-state index contributed by atoms with van der Waals surface area (Å²) in [5.74, 6) is 2.84. The van der Waals surface area contributed by atoms with Gasteiger partial charge in [-0.25, -0.2) is 4.98 Å². The van der Waals surface area contributed by atoms with Gasteiger partial charge >= 0.3 is 0 Å². The van der Waals surface area contributed by atoms with Crippen LogP contribution in [0.5, 0.6) is 0 Å². The molecule has 0 radical (unpaired) electrons. The molecule has 19 heavy (non-hydrogen) atoms. The lowest BCUT2D eigenvalue weighted by atomic mass is 10.2. The van der Waals surface area contributed by atoms with E-state index in [9.17, 15) is 5.11 Å². The first-order valence-corrected chi connectivity index (χ1v) is 7.64. The van der Waals surface area contributed by atoms with Crippen LogP contribution in [0.2, 0.25) is 0 Å². The summed E-state index contributed by atoms with van der Waals surface area (Å²) in [4.78, 5) is 7.24. The molecule has 2 fully saturated rings. The Balaban J connectivity index is 1.81. The fourth-order valence-corrected chi connectivity index (χ4v) is 2.55. The maximum absolute atomic E-state index is 9.41. The predicted molar refractivity (Wildman–Crippen MR) is 77.2 cm³/mol. The maximum atomic E-state index is 9.41. The van der Waals surface area contributed by atoms with Gasteiger partial charge in [0.2, 0.25) is 0 Å². The molecule has 3 rings (SSSR count). The lowest BCUT2D eigenvalue weighted by molar-refractivity contribution is 0.281. The number of aryl methyl sites for hydroxylation is 1. The number of aliphatic hydroxyl groups is 1. The van der Waals surface area contributed by atoms with Crippen molar-refractivity contribution in [1.29, 1.82) is 0 Å². The summed E-state index contributed by atoms with van der Waals surface area (Å²) in [6.45, 7) is 4.55. The molecule has 2 saturated carbocycles. The van der Waals surface area contributed by atoms with Crippen molar-refractivity contribution in [2.24, 2.45) is 11.8 Å². The monoisotopic (exact) mass is 260 g/mol. The van der Waals surface area contributed by atoms with Gasteiger partial charge in [-0.3, -0.25) is 0 Å². The van der Waals surface area contributed by atoms with Crippen LogP contribution >= 0.6 is 0 Å². The predicted octanol–water partition coefficient (Wildman–Crippen LogP) is 2.76. The summed E-state index contributed by atoms with van der Waals surface area (Å²) in [7, 11) is 0. The Morgan fingerprint density at radius 1 is 1.16 bits per heavy atom. The number of aromatic nitrogens is 1. The second-order valence-electron chi connectivity index (χ2n) is 6.13. The Kier molecular flexibility index (Phi) is 3.74. The molecule has 3 heteroatoms. The topological polar surface area (TPSA) is 36.4 Å². The molecule has 0 atom stereocenters. The van der Waals surface area contributed by atoms with Gasteiger partial charge in [-0.2, -0.15) is 0 Å². The van der Waals surface area contributed by atoms with Crippen LogP contribution in [0.3, 0.4) is 0 Å². The normalized spacial score (nSPS) is 18.6. The van der Waals surface area contributed by atoms with E-state index in [0.717, 1.165) is 48.4 Å². The Morgan fingerprint density at radius 3 is 2.26 bits per heavy atom. The lowest BCUT2D eigenvalue weighted by Crippen LogP contribution is -2.29. The Labute approximate surface area is 115 Å². The van der Waals surface area contributed by atoms with Crippen molar-refractivity contribution in [1.82, 2.24) is 4.98 Å². The second-order valence-corrected chi connectivity index (χ2v) is 6.13. The number of hydrogen-bond donors (Lipinski definition) is 1. The number of rotatable bonds is 7. The van der Waals surface area contributed by atoms with Gasteiger partial charge in [0.15, 0.2) is 0 Å². The first kappa shape index (κ1) is 12.9. The minimum Gasteiger partial charge on any atom is -0.392 e. The summed E-state index contributed by atoms with van der Waals surface area (Å²) < 4.78 is 0. The standard InChI is InChI=1S/C16H24N2O/c1-2-15-7-14(11-19)8-16(17-15)18(9-12-3-4-12)10-13-5-6-13/h7-8,12-13,19H,2-6,9-11H2,1H3. The van der Waals surface area contributed by atoms with Crippen molar-refractivity contribution in [3.05, 3.63) is 23.4 Å². The molecule has 0 aromatic carbocycles. The number of nitrogens with zero attached hydrogens (tertiary/aromatic N) is 2. The van der Waals surface area contributed by atoms with Crippen LogP contribution < -0.4 is 4.90 Å². The SMILES string of the molecule is CCc1cc(CO)cc(N(CC2CC2)CC2CC2)n1. The lowest BCUT2D eigenvalue weighted by Gasteiger charge is -2.24. The molecule has 0 saturated heterocycles. The molecule has 1 heterocycles. The van der Waals surface area contributed by atoms with E-state index in [1.807, 2.05) is 6.07 Å². The minimum atomic E-state index is 0.114. The van der Waals surface area contributed by atoms with Crippen molar-refractivity contribution >= 4 is 5.82 Å². The summed E-state index contributed by atoms with van der Waals surface area (Å²) in [6, 6.07) is 4.10. The van der Waals surface area contributed by atoms with E-state index >= 15 is 0 Å². The Bertz CT molecular complexity index is 402. The summed E-state index contributed by atoms with van der Waals surface area (Å²) in [5, 5.41) is 9.41. The largest absolute Gasteiger partial charge is 0.392 e. The van der Waals surface area contributed by atoms with Gasteiger partial charge in [0.25, 0.3) is 0 Å². The third kappa shape index (κ3) is 3.47. The van der Waals surface area contributed by atoms with E-state index < -0.39 is 0 Å². The summed E-state index contributed by atoms with van der Waals surface area (Å²) >= 11 is 0. The van der Waals surface area contributed by atoms with Crippen LogP contribution in [0.25, 0.3) is 0 Å². The Hall–Kier alpha value is -1.09. The zero-order valence-corrected chi connectivity index (χ0v) is 11.8. The van der Waals surface area contributed by atoms with E-state index in [-0.39, 0.29) is 6.61 Å². The number of aliphatic hydroxyl groups excluding tert-OH is 1. The van der Waals surface area contributed by atoms with Crippen molar-refractivity contribution < 1.29 is 5.11 Å². The van der Waals surface area contributed by atoms with Crippen molar-refractivity contribution in [3.8, 4) is 0 Å². The molecule has 0 aliphatic heterocycles.